The van der Waals surface area contributed by atoms with Crippen molar-refractivity contribution in [3.63, 3.8) is 0 Å². The van der Waals surface area contributed by atoms with Gasteiger partial charge in [-0.3, -0.25) is 9.59 Å². The predicted molar refractivity (Wildman–Crippen MR) is 115 cm³/mol. The van der Waals surface area contributed by atoms with Gasteiger partial charge in [0, 0.05) is 43.0 Å². The van der Waals surface area contributed by atoms with Crippen LogP contribution in [0.25, 0.3) is 0 Å². The summed E-state index contributed by atoms with van der Waals surface area (Å²) in [5, 5.41) is 0.689. The first-order chi connectivity index (χ1) is 14.0. The largest absolute Gasteiger partial charge is 0.343 e. The number of hydrogen-bond acceptors (Lipinski definition) is 2. The number of benzene rings is 2. The van der Waals surface area contributed by atoms with Gasteiger partial charge in [0.25, 0.3) is 0 Å². The summed E-state index contributed by atoms with van der Waals surface area (Å²) in [5.74, 6) is 0.429. The first-order valence-corrected chi connectivity index (χ1v) is 10.7. The van der Waals surface area contributed by atoms with Gasteiger partial charge in [0.2, 0.25) is 11.8 Å². The number of nitrogens with zero attached hydrogens (tertiary/aromatic N) is 2. The van der Waals surface area contributed by atoms with E-state index in [0.29, 0.717) is 17.9 Å². The Morgan fingerprint density at radius 1 is 0.828 bits per heavy atom. The third-order valence-electron chi connectivity index (χ3n) is 6.32. The monoisotopic (exact) mass is 410 g/mol. The van der Waals surface area contributed by atoms with Crippen molar-refractivity contribution in [2.24, 2.45) is 5.41 Å². The Labute approximate surface area is 177 Å². The van der Waals surface area contributed by atoms with E-state index in [1.807, 2.05) is 52.3 Å². The summed E-state index contributed by atoms with van der Waals surface area (Å²) >= 11 is 5.91. The van der Waals surface area contributed by atoms with Gasteiger partial charge in [-0.1, -0.05) is 54.1 Å². The standard InChI is InChI=1S/C24H27ClN2O2/c25-21-9-6-20(7-10-21)16-23(29)27-17-24(18-27)12-14-26(15-13-24)22(28)11-8-19-4-2-1-3-5-19/h1-7,9-10H,8,11-18H2. The van der Waals surface area contributed by atoms with Crippen LogP contribution in [0.2, 0.25) is 5.02 Å². The second-order valence-electron chi connectivity index (χ2n) is 8.42. The SMILES string of the molecule is O=C(CCc1ccccc1)N1CCC2(CC1)CN(C(=O)Cc1ccc(Cl)cc1)C2. The topological polar surface area (TPSA) is 40.6 Å². The van der Waals surface area contributed by atoms with Crippen molar-refractivity contribution in [2.75, 3.05) is 26.2 Å². The fraction of sp³-hybridized carbons (Fsp3) is 0.417. The van der Waals surface area contributed by atoms with Crippen LogP contribution >= 0.6 is 11.6 Å². The molecule has 0 atom stereocenters. The molecule has 152 valence electrons. The van der Waals surface area contributed by atoms with Crippen LogP contribution in [-0.4, -0.2) is 47.8 Å². The molecule has 0 unspecified atom stereocenters. The van der Waals surface area contributed by atoms with Gasteiger partial charge in [-0.05, 0) is 42.5 Å². The Bertz CT molecular complexity index is 850. The molecule has 2 aromatic carbocycles. The molecule has 4 nitrogen and oxygen atoms in total. The summed E-state index contributed by atoms with van der Waals surface area (Å²) < 4.78 is 0. The highest BCUT2D eigenvalue weighted by Crippen LogP contribution is 2.40. The van der Waals surface area contributed by atoms with Crippen LogP contribution in [0.1, 0.15) is 30.4 Å². The highest BCUT2D eigenvalue weighted by molar-refractivity contribution is 6.30. The predicted octanol–water partition coefficient (Wildman–Crippen LogP) is 3.97. The van der Waals surface area contributed by atoms with Crippen LogP contribution in [0.4, 0.5) is 0 Å². The van der Waals surface area contributed by atoms with E-state index in [1.165, 1.54) is 5.56 Å². The van der Waals surface area contributed by atoms with Gasteiger partial charge in [0.05, 0.1) is 6.42 Å². The molecule has 4 rings (SSSR count). The van der Waals surface area contributed by atoms with E-state index in [1.54, 1.807) is 0 Å². The molecule has 2 aliphatic rings. The molecule has 5 heteroatoms. The molecule has 2 amide bonds. The molecule has 29 heavy (non-hydrogen) atoms. The number of halogens is 1. The third-order valence-corrected chi connectivity index (χ3v) is 6.57. The third kappa shape index (κ3) is 4.81. The molecule has 0 saturated carbocycles. The Balaban J connectivity index is 1.20. The van der Waals surface area contributed by atoms with Gasteiger partial charge in [-0.15, -0.1) is 0 Å². The second-order valence-corrected chi connectivity index (χ2v) is 8.86. The lowest BCUT2D eigenvalue weighted by Crippen LogP contribution is -2.62. The van der Waals surface area contributed by atoms with E-state index in [9.17, 15) is 9.59 Å². The maximum Gasteiger partial charge on any atom is 0.227 e. The number of hydrogen-bond donors (Lipinski definition) is 0. The number of piperidine rings is 1. The minimum Gasteiger partial charge on any atom is -0.343 e. The lowest BCUT2D eigenvalue weighted by Gasteiger charge is -2.54. The fourth-order valence-corrected chi connectivity index (χ4v) is 4.56. The molecule has 0 N–H and O–H groups in total. The average Bonchev–Trinajstić information content (AvgIpc) is 2.72. The Hall–Kier alpha value is -2.33. The van der Waals surface area contributed by atoms with Gasteiger partial charge in [0.1, 0.15) is 0 Å². The summed E-state index contributed by atoms with van der Waals surface area (Å²) in [7, 11) is 0. The number of carbonyl (C=O) groups is 2. The number of amides is 2. The summed E-state index contributed by atoms with van der Waals surface area (Å²) in [5.41, 5.74) is 2.42. The average molecular weight is 411 g/mol. The first kappa shape index (κ1) is 20.0. The van der Waals surface area contributed by atoms with E-state index >= 15 is 0 Å². The van der Waals surface area contributed by atoms with E-state index in [-0.39, 0.29) is 17.2 Å². The molecular formula is C24H27ClN2O2. The van der Waals surface area contributed by atoms with Gasteiger partial charge in [-0.2, -0.15) is 0 Å². The minimum atomic E-state index is 0.180. The summed E-state index contributed by atoms with van der Waals surface area (Å²) in [6.07, 6.45) is 3.79. The number of aryl methyl sites for hydroxylation is 1. The van der Waals surface area contributed by atoms with Gasteiger partial charge >= 0.3 is 0 Å². The highest BCUT2D eigenvalue weighted by Gasteiger charge is 2.46. The Morgan fingerprint density at radius 3 is 2.14 bits per heavy atom. The number of likely N-dealkylation sites (tertiary alicyclic amines) is 2. The zero-order valence-electron chi connectivity index (χ0n) is 16.6. The van der Waals surface area contributed by atoms with E-state index in [0.717, 1.165) is 51.0 Å². The molecule has 2 aromatic rings. The van der Waals surface area contributed by atoms with Crippen LogP contribution < -0.4 is 0 Å². The van der Waals surface area contributed by atoms with Crippen molar-refractivity contribution >= 4 is 23.4 Å². The van der Waals surface area contributed by atoms with Crippen molar-refractivity contribution in [1.82, 2.24) is 9.80 Å². The van der Waals surface area contributed by atoms with Crippen LogP contribution in [0, 0.1) is 5.41 Å². The molecule has 0 aliphatic carbocycles. The van der Waals surface area contributed by atoms with Crippen LogP contribution in [0.5, 0.6) is 0 Å². The van der Waals surface area contributed by atoms with Crippen molar-refractivity contribution < 1.29 is 9.59 Å². The van der Waals surface area contributed by atoms with Gasteiger partial charge in [-0.25, -0.2) is 0 Å². The lowest BCUT2D eigenvalue weighted by atomic mass is 9.71. The zero-order valence-corrected chi connectivity index (χ0v) is 17.4. The number of carbonyl (C=O) groups excluding carboxylic acids is 2. The zero-order chi connectivity index (χ0) is 20.3. The minimum absolute atomic E-state index is 0.180. The fourth-order valence-electron chi connectivity index (χ4n) is 4.43. The normalized spacial score (nSPS) is 17.8. The number of rotatable bonds is 5. The van der Waals surface area contributed by atoms with Crippen molar-refractivity contribution in [3.05, 3.63) is 70.7 Å². The quantitative estimate of drug-likeness (QED) is 0.748. The molecule has 2 fully saturated rings. The van der Waals surface area contributed by atoms with Crippen molar-refractivity contribution in [1.29, 1.82) is 0 Å². The molecule has 1 spiro atoms. The molecule has 0 radical (unpaired) electrons. The molecule has 0 aromatic heterocycles. The Kier molecular flexibility index (Phi) is 5.91. The molecular weight excluding hydrogens is 384 g/mol. The molecule has 2 saturated heterocycles. The molecule has 2 heterocycles. The second kappa shape index (κ2) is 8.58. The van der Waals surface area contributed by atoms with Crippen LogP contribution in [0.3, 0.4) is 0 Å². The van der Waals surface area contributed by atoms with E-state index in [4.69, 9.17) is 11.6 Å². The summed E-state index contributed by atoms with van der Waals surface area (Å²) in [6, 6.07) is 17.6. The van der Waals surface area contributed by atoms with Crippen molar-refractivity contribution in [2.45, 2.75) is 32.1 Å². The van der Waals surface area contributed by atoms with Crippen LogP contribution in [0.15, 0.2) is 54.6 Å². The Morgan fingerprint density at radius 2 is 1.48 bits per heavy atom. The molecule has 2 aliphatic heterocycles. The van der Waals surface area contributed by atoms with Gasteiger partial charge in [0.15, 0.2) is 0 Å². The maximum atomic E-state index is 12.5. The smallest absolute Gasteiger partial charge is 0.227 e. The van der Waals surface area contributed by atoms with E-state index in [2.05, 4.69) is 12.1 Å². The molecule has 0 bridgehead atoms. The van der Waals surface area contributed by atoms with Gasteiger partial charge < -0.3 is 9.80 Å². The summed E-state index contributed by atoms with van der Waals surface area (Å²) in [6.45, 7) is 3.27. The lowest BCUT2D eigenvalue weighted by molar-refractivity contribution is -0.149. The highest BCUT2D eigenvalue weighted by atomic mass is 35.5. The van der Waals surface area contributed by atoms with Crippen LogP contribution in [-0.2, 0) is 22.4 Å². The first-order valence-electron chi connectivity index (χ1n) is 10.4. The maximum absolute atomic E-state index is 12.5. The van der Waals surface area contributed by atoms with E-state index < -0.39 is 0 Å². The van der Waals surface area contributed by atoms with Crippen molar-refractivity contribution in [3.8, 4) is 0 Å². The summed E-state index contributed by atoms with van der Waals surface area (Å²) in [4.78, 5) is 29.0.